The van der Waals surface area contributed by atoms with Crippen LogP contribution in [-0.2, 0) is 4.74 Å². The van der Waals surface area contributed by atoms with Crippen LogP contribution in [0, 0.1) is 17.5 Å². The second-order valence-corrected chi connectivity index (χ2v) is 3.74. The molecule has 1 aromatic carbocycles. The largest absolute Gasteiger partial charge is 0.385 e. The summed E-state index contributed by atoms with van der Waals surface area (Å²) in [5.41, 5.74) is 0.141. The number of hydrogen-bond acceptors (Lipinski definition) is 2. The van der Waals surface area contributed by atoms with Crippen LogP contribution in [0.3, 0.4) is 0 Å². The fourth-order valence-corrected chi connectivity index (χ4v) is 1.70. The van der Waals surface area contributed by atoms with Crippen LogP contribution in [-0.4, -0.2) is 20.8 Å². The normalized spacial score (nSPS) is 12.8. The molecule has 0 radical (unpaired) electrons. The lowest BCUT2D eigenvalue weighted by Crippen LogP contribution is -2.19. The molecule has 17 heavy (non-hydrogen) atoms. The molecule has 0 aliphatic carbocycles. The molecule has 1 atom stereocenters. The summed E-state index contributed by atoms with van der Waals surface area (Å²) in [6, 6.07) is 1.86. The third kappa shape index (κ3) is 3.44. The number of rotatable bonds is 6. The Morgan fingerprint density at radius 3 is 2.53 bits per heavy atom. The van der Waals surface area contributed by atoms with E-state index in [1.54, 1.807) is 14.2 Å². The van der Waals surface area contributed by atoms with Gasteiger partial charge in [0.25, 0.3) is 0 Å². The first-order chi connectivity index (χ1) is 8.11. The fraction of sp³-hybridized carbons (Fsp3) is 0.500. The van der Waals surface area contributed by atoms with Gasteiger partial charge in [0.05, 0.1) is 0 Å². The quantitative estimate of drug-likeness (QED) is 0.616. The van der Waals surface area contributed by atoms with Crippen molar-refractivity contribution >= 4 is 0 Å². The van der Waals surface area contributed by atoms with Gasteiger partial charge in [-0.3, -0.25) is 0 Å². The van der Waals surface area contributed by atoms with E-state index in [4.69, 9.17) is 4.74 Å². The van der Waals surface area contributed by atoms with Crippen LogP contribution in [0.2, 0.25) is 0 Å². The zero-order valence-corrected chi connectivity index (χ0v) is 9.90. The number of ether oxygens (including phenoxy) is 1. The molecule has 0 saturated carbocycles. The first-order valence-corrected chi connectivity index (χ1v) is 5.41. The van der Waals surface area contributed by atoms with E-state index in [1.165, 1.54) is 6.07 Å². The Balaban J connectivity index is 2.85. The molecule has 0 heterocycles. The van der Waals surface area contributed by atoms with Gasteiger partial charge in [-0.05, 0) is 26.0 Å². The molecule has 1 rings (SSSR count). The molecule has 2 nitrogen and oxygen atoms in total. The highest BCUT2D eigenvalue weighted by Gasteiger charge is 2.19. The number of halogens is 3. The number of benzene rings is 1. The fourth-order valence-electron chi connectivity index (χ4n) is 1.70. The van der Waals surface area contributed by atoms with E-state index in [0.29, 0.717) is 19.4 Å². The second-order valence-electron chi connectivity index (χ2n) is 3.74. The second kappa shape index (κ2) is 6.61. The van der Waals surface area contributed by atoms with Crippen LogP contribution in [0.1, 0.15) is 24.4 Å². The van der Waals surface area contributed by atoms with Crippen LogP contribution in [0.5, 0.6) is 0 Å². The maximum absolute atomic E-state index is 13.5. The van der Waals surface area contributed by atoms with E-state index in [2.05, 4.69) is 5.32 Å². The van der Waals surface area contributed by atoms with Gasteiger partial charge in [-0.1, -0.05) is 6.07 Å². The Kier molecular flexibility index (Phi) is 5.44. The van der Waals surface area contributed by atoms with Crippen molar-refractivity contribution in [3.8, 4) is 0 Å². The molecule has 0 bridgehead atoms. The van der Waals surface area contributed by atoms with Crippen LogP contribution in [0.15, 0.2) is 12.1 Å². The predicted molar refractivity (Wildman–Crippen MR) is 59.2 cm³/mol. The lowest BCUT2D eigenvalue weighted by atomic mass is 10.0. The number of nitrogens with one attached hydrogen (secondary N) is 1. The maximum atomic E-state index is 13.5. The molecule has 1 aromatic rings. The lowest BCUT2D eigenvalue weighted by Gasteiger charge is -2.17. The minimum atomic E-state index is -1.42. The van der Waals surface area contributed by atoms with Crippen molar-refractivity contribution in [2.75, 3.05) is 20.8 Å². The molecule has 0 amide bonds. The van der Waals surface area contributed by atoms with Crippen LogP contribution in [0.4, 0.5) is 13.2 Å². The van der Waals surface area contributed by atoms with E-state index in [-0.39, 0.29) is 11.6 Å². The summed E-state index contributed by atoms with van der Waals surface area (Å²) in [4.78, 5) is 0. The van der Waals surface area contributed by atoms with Crippen molar-refractivity contribution in [1.29, 1.82) is 0 Å². The molecule has 0 aliphatic rings. The summed E-state index contributed by atoms with van der Waals surface area (Å²) in [5.74, 6) is -3.71. The topological polar surface area (TPSA) is 21.3 Å². The molecule has 0 fully saturated rings. The molecule has 0 spiro atoms. The van der Waals surface area contributed by atoms with Gasteiger partial charge in [0, 0.05) is 25.3 Å². The van der Waals surface area contributed by atoms with Gasteiger partial charge in [-0.2, -0.15) is 0 Å². The van der Waals surface area contributed by atoms with Gasteiger partial charge in [-0.25, -0.2) is 13.2 Å². The predicted octanol–water partition coefficient (Wildman–Crippen LogP) is 2.79. The molecule has 96 valence electrons. The van der Waals surface area contributed by atoms with Crippen molar-refractivity contribution in [3.05, 3.63) is 35.1 Å². The molecule has 1 N–H and O–H groups in total. The summed E-state index contributed by atoms with van der Waals surface area (Å²) in [6.45, 7) is 0.545. The minimum absolute atomic E-state index is 0.141. The third-order valence-electron chi connectivity index (χ3n) is 2.63. The molecule has 0 saturated heterocycles. The molecule has 0 aromatic heterocycles. The average Bonchev–Trinajstić information content (AvgIpc) is 2.33. The van der Waals surface area contributed by atoms with Gasteiger partial charge in [0.2, 0.25) is 0 Å². The summed E-state index contributed by atoms with van der Waals surface area (Å²) >= 11 is 0. The molecule has 1 unspecified atom stereocenters. The monoisotopic (exact) mass is 247 g/mol. The van der Waals surface area contributed by atoms with Gasteiger partial charge in [-0.15, -0.1) is 0 Å². The van der Waals surface area contributed by atoms with Gasteiger partial charge in [0.1, 0.15) is 0 Å². The van der Waals surface area contributed by atoms with E-state index >= 15 is 0 Å². The highest BCUT2D eigenvalue weighted by atomic mass is 19.2. The molecule has 5 heteroatoms. The van der Waals surface area contributed by atoms with Crippen LogP contribution in [0.25, 0.3) is 0 Å². The first kappa shape index (κ1) is 14.0. The SMILES string of the molecule is CNC(CCCOC)c1ccc(F)c(F)c1F. The van der Waals surface area contributed by atoms with Crippen molar-refractivity contribution in [2.45, 2.75) is 18.9 Å². The van der Waals surface area contributed by atoms with Crippen molar-refractivity contribution in [1.82, 2.24) is 5.32 Å². The zero-order chi connectivity index (χ0) is 12.8. The smallest absolute Gasteiger partial charge is 0.194 e. The minimum Gasteiger partial charge on any atom is -0.385 e. The highest BCUT2D eigenvalue weighted by molar-refractivity contribution is 5.23. The first-order valence-electron chi connectivity index (χ1n) is 5.41. The summed E-state index contributed by atoms with van der Waals surface area (Å²) in [7, 11) is 3.23. The Morgan fingerprint density at radius 2 is 1.94 bits per heavy atom. The number of hydrogen-bond donors (Lipinski definition) is 1. The van der Waals surface area contributed by atoms with E-state index < -0.39 is 17.5 Å². The van der Waals surface area contributed by atoms with E-state index in [0.717, 1.165) is 6.07 Å². The standard InChI is InChI=1S/C12H16F3NO/c1-16-10(4-3-7-17-2)8-5-6-9(13)12(15)11(8)14/h5-6,10,16H,3-4,7H2,1-2H3. The van der Waals surface area contributed by atoms with Crippen molar-refractivity contribution in [2.24, 2.45) is 0 Å². The zero-order valence-electron chi connectivity index (χ0n) is 9.90. The van der Waals surface area contributed by atoms with Crippen LogP contribution >= 0.6 is 0 Å². The number of methoxy groups -OCH3 is 1. The third-order valence-corrected chi connectivity index (χ3v) is 2.63. The highest BCUT2D eigenvalue weighted by Crippen LogP contribution is 2.24. The lowest BCUT2D eigenvalue weighted by molar-refractivity contribution is 0.189. The van der Waals surface area contributed by atoms with Crippen LogP contribution < -0.4 is 5.32 Å². The van der Waals surface area contributed by atoms with Gasteiger partial charge < -0.3 is 10.1 Å². The molecule has 0 aliphatic heterocycles. The average molecular weight is 247 g/mol. The van der Waals surface area contributed by atoms with E-state index in [9.17, 15) is 13.2 Å². The van der Waals surface area contributed by atoms with Gasteiger partial charge in [0.15, 0.2) is 17.5 Å². The Labute approximate surface area is 98.8 Å². The summed E-state index contributed by atoms with van der Waals surface area (Å²) in [6.07, 6.45) is 1.30. The van der Waals surface area contributed by atoms with Crippen molar-refractivity contribution in [3.63, 3.8) is 0 Å². The summed E-state index contributed by atoms with van der Waals surface area (Å²) in [5, 5.41) is 2.88. The van der Waals surface area contributed by atoms with E-state index in [1.807, 2.05) is 0 Å². The van der Waals surface area contributed by atoms with Gasteiger partial charge >= 0.3 is 0 Å². The maximum Gasteiger partial charge on any atom is 0.194 e. The Hall–Kier alpha value is -1.07. The molecular formula is C12H16F3NO. The van der Waals surface area contributed by atoms with Crippen molar-refractivity contribution < 1.29 is 17.9 Å². The summed E-state index contributed by atoms with van der Waals surface area (Å²) < 4.78 is 44.3. The Bertz CT molecular complexity index is 371. The Morgan fingerprint density at radius 1 is 1.24 bits per heavy atom. The molecular weight excluding hydrogens is 231 g/mol.